The second-order valence-electron chi connectivity index (χ2n) is 8.13. The lowest BCUT2D eigenvalue weighted by Crippen LogP contribution is -2.49. The van der Waals surface area contributed by atoms with Crippen LogP contribution in [0.4, 0.5) is 13.2 Å². The number of alkyl halides is 3. The molecule has 14 heteroatoms. The molecule has 1 N–H and O–H groups in total. The molecule has 2 aliphatic heterocycles. The summed E-state index contributed by atoms with van der Waals surface area (Å²) >= 11 is 0. The molecule has 0 bridgehead atoms. The van der Waals surface area contributed by atoms with E-state index in [9.17, 15) is 26.4 Å². The molecule has 1 atom stereocenters. The third kappa shape index (κ3) is 6.30. The summed E-state index contributed by atoms with van der Waals surface area (Å²) in [4.78, 5) is 27.3. The molecule has 3 heterocycles. The number of carboxylic acids is 1. The predicted octanol–water partition coefficient (Wildman–Crippen LogP) is 1.92. The Labute approximate surface area is 205 Å². The van der Waals surface area contributed by atoms with Gasteiger partial charge in [0.15, 0.2) is 0 Å². The zero-order valence-corrected chi connectivity index (χ0v) is 20.0. The van der Waals surface area contributed by atoms with Crippen LogP contribution in [0, 0.1) is 0 Å². The highest BCUT2D eigenvalue weighted by molar-refractivity contribution is 7.89. The number of carbonyl (C=O) groups excluding carboxylic acids is 1. The van der Waals surface area contributed by atoms with Crippen molar-refractivity contribution < 1.29 is 45.8 Å². The van der Waals surface area contributed by atoms with E-state index in [-0.39, 0.29) is 30.5 Å². The molecule has 1 amide bonds. The average molecular weight is 532 g/mol. The largest absolute Gasteiger partial charge is 0.490 e. The highest BCUT2D eigenvalue weighted by atomic mass is 32.2. The fourth-order valence-electron chi connectivity index (χ4n) is 3.86. The molecule has 2 aliphatic rings. The summed E-state index contributed by atoms with van der Waals surface area (Å²) in [6.45, 7) is 1.05. The number of rotatable bonds is 4. The van der Waals surface area contributed by atoms with Gasteiger partial charge in [-0.2, -0.15) is 17.5 Å². The van der Waals surface area contributed by atoms with Gasteiger partial charge in [-0.05, 0) is 24.3 Å². The second-order valence-corrected chi connectivity index (χ2v) is 10.0. The van der Waals surface area contributed by atoms with Crippen LogP contribution in [0.1, 0.15) is 12.1 Å². The van der Waals surface area contributed by atoms with Gasteiger partial charge in [-0.15, -0.1) is 0 Å². The van der Waals surface area contributed by atoms with Gasteiger partial charge in [0.2, 0.25) is 15.9 Å². The van der Waals surface area contributed by atoms with Crippen LogP contribution in [-0.2, 0) is 30.9 Å². The number of aliphatic carboxylic acids is 1. The van der Waals surface area contributed by atoms with E-state index >= 15 is 0 Å². The van der Waals surface area contributed by atoms with Crippen LogP contribution in [0.25, 0.3) is 0 Å². The molecule has 4 rings (SSSR count). The molecule has 0 saturated carbocycles. The number of ether oxygens (including phenoxy) is 2. The van der Waals surface area contributed by atoms with Gasteiger partial charge in [-0.25, -0.2) is 13.2 Å². The van der Waals surface area contributed by atoms with Gasteiger partial charge in [-0.3, -0.25) is 9.78 Å². The number of para-hydroxylation sites is 1. The Morgan fingerprint density at radius 3 is 2.44 bits per heavy atom. The van der Waals surface area contributed by atoms with Crippen molar-refractivity contribution in [2.45, 2.75) is 29.6 Å². The number of halogens is 3. The number of nitrogens with zero attached hydrogens (tertiary/aromatic N) is 3. The number of carbonyl (C=O) groups is 2. The maximum Gasteiger partial charge on any atom is 0.490 e. The number of amides is 1. The monoisotopic (exact) mass is 531 g/mol. The van der Waals surface area contributed by atoms with E-state index in [1.165, 1.54) is 11.4 Å². The first-order valence-corrected chi connectivity index (χ1v) is 12.1. The van der Waals surface area contributed by atoms with Gasteiger partial charge in [0.1, 0.15) is 22.9 Å². The van der Waals surface area contributed by atoms with Crippen molar-refractivity contribution in [2.75, 3.05) is 33.4 Å². The normalized spacial score (nSPS) is 21.1. The number of pyridine rings is 1. The summed E-state index contributed by atoms with van der Waals surface area (Å²) < 4.78 is 71.2. The average Bonchev–Trinajstić information content (AvgIpc) is 3.20. The van der Waals surface area contributed by atoms with Crippen molar-refractivity contribution in [2.24, 2.45) is 0 Å². The summed E-state index contributed by atoms with van der Waals surface area (Å²) in [6.07, 6.45) is -2.91. The van der Waals surface area contributed by atoms with Gasteiger partial charge in [0.25, 0.3) is 0 Å². The van der Waals surface area contributed by atoms with E-state index in [1.807, 2.05) is 6.07 Å². The van der Waals surface area contributed by atoms with Crippen molar-refractivity contribution >= 4 is 21.9 Å². The van der Waals surface area contributed by atoms with Crippen molar-refractivity contribution in [1.82, 2.24) is 14.2 Å². The number of benzene rings is 1. The molecule has 10 nitrogen and oxygen atoms in total. The molecule has 1 unspecified atom stereocenters. The third-order valence-electron chi connectivity index (χ3n) is 5.50. The van der Waals surface area contributed by atoms with Crippen LogP contribution in [0.15, 0.2) is 53.6 Å². The first kappa shape index (κ1) is 27.4. The zero-order chi connectivity index (χ0) is 26.6. The van der Waals surface area contributed by atoms with E-state index in [1.54, 1.807) is 47.5 Å². The molecule has 0 radical (unpaired) electrons. The van der Waals surface area contributed by atoms with Crippen molar-refractivity contribution in [3.8, 4) is 5.75 Å². The van der Waals surface area contributed by atoms with E-state index in [4.69, 9.17) is 19.4 Å². The second kappa shape index (κ2) is 10.8. The highest BCUT2D eigenvalue weighted by Crippen LogP contribution is 2.38. The Morgan fingerprint density at radius 2 is 1.83 bits per heavy atom. The van der Waals surface area contributed by atoms with Gasteiger partial charge in [-0.1, -0.05) is 18.2 Å². The fourth-order valence-corrected chi connectivity index (χ4v) is 5.46. The lowest BCUT2D eigenvalue weighted by Gasteiger charge is -2.31. The van der Waals surface area contributed by atoms with Crippen LogP contribution in [0.5, 0.6) is 5.75 Å². The molecule has 0 aliphatic carbocycles. The molecule has 36 heavy (non-hydrogen) atoms. The van der Waals surface area contributed by atoms with Crippen LogP contribution >= 0.6 is 0 Å². The number of aromatic nitrogens is 1. The minimum absolute atomic E-state index is 0.0113. The number of methoxy groups -OCH3 is 1. The van der Waals surface area contributed by atoms with Gasteiger partial charge >= 0.3 is 12.1 Å². The SMILES string of the molecule is COCC(=O)N1CCC2(C1)CN(Cc1ccccn1)S(=O)(=O)c1ccccc1O2.O=C(O)C(F)(F)F. The summed E-state index contributed by atoms with van der Waals surface area (Å²) in [5, 5.41) is 7.12. The van der Waals surface area contributed by atoms with Gasteiger partial charge in [0.05, 0.1) is 25.3 Å². The highest BCUT2D eigenvalue weighted by Gasteiger charge is 2.48. The summed E-state index contributed by atoms with van der Waals surface area (Å²) in [5.74, 6) is -2.57. The standard InChI is InChI=1S/C20H23N3O5S.C2HF3O2/c1-27-13-19(24)22-11-9-20(14-22)15-23(12-16-6-4-5-10-21-16)29(25,26)18-8-3-2-7-17(18)28-20;3-2(4,5)1(6)7/h2-8,10H,9,11-15H2,1H3;(H,6,7). The molecule has 196 valence electrons. The Kier molecular flexibility index (Phi) is 8.21. The predicted molar refractivity (Wildman–Crippen MR) is 118 cm³/mol. The summed E-state index contributed by atoms with van der Waals surface area (Å²) in [6, 6.07) is 12.1. The maximum atomic E-state index is 13.4. The number of fused-ring (bicyclic) bond motifs is 1. The van der Waals surface area contributed by atoms with E-state index in [0.717, 1.165) is 0 Å². The van der Waals surface area contributed by atoms with E-state index < -0.39 is 27.8 Å². The molecule has 1 aromatic heterocycles. The number of hydrogen-bond acceptors (Lipinski definition) is 7. The smallest absolute Gasteiger partial charge is 0.483 e. The fraction of sp³-hybridized carbons (Fsp3) is 0.409. The van der Waals surface area contributed by atoms with Crippen molar-refractivity contribution in [3.63, 3.8) is 0 Å². The number of likely N-dealkylation sites (tertiary alicyclic amines) is 1. The Balaban J connectivity index is 0.000000454. The topological polar surface area (TPSA) is 126 Å². The minimum atomic E-state index is -5.08. The molecule has 1 saturated heterocycles. The van der Waals surface area contributed by atoms with Crippen LogP contribution < -0.4 is 4.74 Å². The third-order valence-corrected chi connectivity index (χ3v) is 7.33. The lowest BCUT2D eigenvalue weighted by molar-refractivity contribution is -0.192. The number of sulfonamides is 1. The summed E-state index contributed by atoms with van der Waals surface area (Å²) in [7, 11) is -2.31. The van der Waals surface area contributed by atoms with Crippen LogP contribution in [-0.4, -0.2) is 84.7 Å². The van der Waals surface area contributed by atoms with Gasteiger partial charge < -0.3 is 19.5 Å². The van der Waals surface area contributed by atoms with Crippen LogP contribution in [0.3, 0.4) is 0 Å². The van der Waals surface area contributed by atoms with Crippen molar-refractivity contribution in [3.05, 3.63) is 54.4 Å². The van der Waals surface area contributed by atoms with Crippen LogP contribution in [0.2, 0.25) is 0 Å². The first-order valence-electron chi connectivity index (χ1n) is 10.6. The van der Waals surface area contributed by atoms with Gasteiger partial charge in [0, 0.05) is 26.3 Å². The Bertz CT molecular complexity index is 1190. The number of hydrogen-bond donors (Lipinski definition) is 1. The lowest BCUT2D eigenvalue weighted by atomic mass is 10.0. The molecule has 1 fully saturated rings. The first-order chi connectivity index (χ1) is 16.9. The molecule has 2 aromatic rings. The Hall–Kier alpha value is -3.23. The summed E-state index contributed by atoms with van der Waals surface area (Å²) in [5.41, 5.74) is -0.173. The van der Waals surface area contributed by atoms with Crippen molar-refractivity contribution in [1.29, 1.82) is 0 Å². The zero-order valence-electron chi connectivity index (χ0n) is 19.1. The van der Waals surface area contributed by atoms with E-state index in [0.29, 0.717) is 31.0 Å². The molecule has 1 spiro atoms. The van der Waals surface area contributed by atoms with E-state index in [2.05, 4.69) is 4.98 Å². The number of carboxylic acid groups (broad SMARTS) is 1. The molecule has 1 aromatic carbocycles. The quantitative estimate of drug-likeness (QED) is 0.634. The Morgan fingerprint density at radius 1 is 1.17 bits per heavy atom. The maximum absolute atomic E-state index is 13.4. The molecular formula is C22H24F3N3O7S. The minimum Gasteiger partial charge on any atom is -0.483 e. The molecular weight excluding hydrogens is 507 g/mol.